The van der Waals surface area contributed by atoms with Crippen LogP contribution in [0.1, 0.15) is 32.6 Å². The summed E-state index contributed by atoms with van der Waals surface area (Å²) in [7, 11) is 0. The zero-order chi connectivity index (χ0) is 13.9. The van der Waals surface area contributed by atoms with Gasteiger partial charge in [-0.05, 0) is 31.4 Å². The zero-order valence-electron chi connectivity index (χ0n) is 12.1. The van der Waals surface area contributed by atoms with E-state index in [-0.39, 0.29) is 0 Å². The molecule has 0 radical (unpaired) electrons. The van der Waals surface area contributed by atoms with Crippen molar-refractivity contribution < 1.29 is 4.79 Å². The monoisotopic (exact) mass is 273 g/mol. The minimum Gasteiger partial charge on any atom is -0.366 e. The second kappa shape index (κ2) is 5.73. The van der Waals surface area contributed by atoms with Crippen LogP contribution in [0.2, 0.25) is 0 Å². The number of nitrogens with one attached hydrogen (secondary N) is 1. The van der Waals surface area contributed by atoms with Crippen LogP contribution in [0.15, 0.2) is 24.3 Å². The number of likely N-dealkylation sites (tertiary alicyclic amines) is 1. The van der Waals surface area contributed by atoms with Crippen LogP contribution in [-0.2, 0) is 4.79 Å². The number of amides is 1. The van der Waals surface area contributed by atoms with Gasteiger partial charge in [-0.3, -0.25) is 4.79 Å². The van der Waals surface area contributed by atoms with Gasteiger partial charge in [0.05, 0.1) is 18.0 Å². The van der Waals surface area contributed by atoms with Crippen LogP contribution in [0.5, 0.6) is 0 Å². The molecule has 2 heterocycles. The molecule has 1 fully saturated rings. The summed E-state index contributed by atoms with van der Waals surface area (Å²) in [5.41, 5.74) is 2.54. The first kappa shape index (κ1) is 13.3. The lowest BCUT2D eigenvalue weighted by Crippen LogP contribution is -2.46. The molecule has 1 aromatic rings. The second-order valence-corrected chi connectivity index (χ2v) is 5.68. The summed E-state index contributed by atoms with van der Waals surface area (Å²) in [5, 5.41) is 3.45. The number of fused-ring (bicyclic) bond motifs is 1. The quantitative estimate of drug-likeness (QED) is 0.919. The normalized spacial score (nSPS) is 18.9. The van der Waals surface area contributed by atoms with E-state index in [1.165, 1.54) is 11.4 Å². The smallest absolute Gasteiger partial charge is 0.222 e. The van der Waals surface area contributed by atoms with Gasteiger partial charge in [-0.25, -0.2) is 0 Å². The van der Waals surface area contributed by atoms with Gasteiger partial charge >= 0.3 is 0 Å². The minimum atomic E-state index is 0.325. The highest BCUT2D eigenvalue weighted by atomic mass is 16.2. The van der Waals surface area contributed by atoms with Crippen molar-refractivity contribution in [1.82, 2.24) is 4.90 Å². The number of nitrogens with zero attached hydrogens (tertiary/aromatic N) is 2. The Balaban J connectivity index is 1.61. The van der Waals surface area contributed by atoms with Crippen LogP contribution >= 0.6 is 0 Å². The van der Waals surface area contributed by atoms with Gasteiger partial charge in [-0.1, -0.05) is 19.1 Å². The fraction of sp³-hybridized carbons (Fsp3) is 0.562. The van der Waals surface area contributed by atoms with E-state index in [1.54, 1.807) is 0 Å². The predicted molar refractivity (Wildman–Crippen MR) is 81.9 cm³/mol. The summed E-state index contributed by atoms with van der Waals surface area (Å²) >= 11 is 0. The van der Waals surface area contributed by atoms with E-state index < -0.39 is 0 Å². The Morgan fingerprint density at radius 2 is 2.05 bits per heavy atom. The first-order chi connectivity index (χ1) is 9.79. The maximum Gasteiger partial charge on any atom is 0.222 e. The Morgan fingerprint density at radius 3 is 2.80 bits per heavy atom. The number of para-hydroxylation sites is 2. The van der Waals surface area contributed by atoms with E-state index in [0.29, 0.717) is 18.4 Å². The predicted octanol–water partition coefficient (Wildman–Crippen LogP) is 2.67. The summed E-state index contributed by atoms with van der Waals surface area (Å²) in [6.45, 7) is 4.77. The molecule has 0 atom stereocenters. The molecule has 2 aliphatic rings. The first-order valence-corrected chi connectivity index (χ1v) is 7.67. The first-order valence-electron chi connectivity index (χ1n) is 7.67. The number of rotatable bonds is 3. The molecule has 20 heavy (non-hydrogen) atoms. The van der Waals surface area contributed by atoms with Crippen LogP contribution < -0.4 is 10.2 Å². The zero-order valence-corrected chi connectivity index (χ0v) is 12.1. The van der Waals surface area contributed by atoms with Crippen molar-refractivity contribution in [3.8, 4) is 0 Å². The molecule has 4 nitrogen and oxygen atoms in total. The standard InChI is InChI=1S/C16H23N3O/c1-2-5-16(20)18-10-8-13(9-11-18)19-12-17-14-6-3-4-7-15(14)19/h3-4,6-7,13,17H,2,5,8-12H2,1H3. The van der Waals surface area contributed by atoms with Crippen LogP contribution in [-0.4, -0.2) is 36.6 Å². The van der Waals surface area contributed by atoms with Gasteiger partial charge in [0.1, 0.15) is 0 Å². The number of anilines is 2. The summed E-state index contributed by atoms with van der Waals surface area (Å²) in [4.78, 5) is 16.4. The van der Waals surface area contributed by atoms with Crippen molar-refractivity contribution >= 4 is 17.3 Å². The van der Waals surface area contributed by atoms with Gasteiger partial charge in [0, 0.05) is 25.6 Å². The number of carbonyl (C=O) groups is 1. The summed E-state index contributed by atoms with van der Waals surface area (Å²) in [6.07, 6.45) is 3.79. The van der Waals surface area contributed by atoms with Crippen molar-refractivity contribution in [3.05, 3.63) is 24.3 Å². The fourth-order valence-electron chi connectivity index (χ4n) is 3.25. The lowest BCUT2D eigenvalue weighted by Gasteiger charge is -2.37. The maximum absolute atomic E-state index is 11.9. The third kappa shape index (κ3) is 2.47. The maximum atomic E-state index is 11.9. The molecule has 0 spiro atoms. The molecule has 3 rings (SSSR count). The summed E-state index contributed by atoms with van der Waals surface area (Å²) in [5.74, 6) is 0.325. The third-order valence-electron chi connectivity index (χ3n) is 4.38. The molecule has 1 saturated heterocycles. The van der Waals surface area contributed by atoms with E-state index in [1.807, 2.05) is 4.90 Å². The average molecular weight is 273 g/mol. The van der Waals surface area contributed by atoms with Crippen molar-refractivity contribution in [3.63, 3.8) is 0 Å². The number of benzene rings is 1. The van der Waals surface area contributed by atoms with Crippen LogP contribution in [0.3, 0.4) is 0 Å². The highest BCUT2D eigenvalue weighted by Crippen LogP contribution is 2.34. The van der Waals surface area contributed by atoms with Crippen molar-refractivity contribution in [2.45, 2.75) is 38.6 Å². The summed E-state index contributed by atoms with van der Waals surface area (Å²) in [6, 6.07) is 9.04. The molecule has 0 aliphatic carbocycles. The largest absolute Gasteiger partial charge is 0.366 e. The molecule has 108 valence electrons. The highest BCUT2D eigenvalue weighted by molar-refractivity contribution is 5.77. The molecule has 0 bridgehead atoms. The van der Waals surface area contributed by atoms with Gasteiger partial charge in [0.25, 0.3) is 0 Å². The van der Waals surface area contributed by atoms with Gasteiger partial charge in [-0.15, -0.1) is 0 Å². The van der Waals surface area contributed by atoms with Gasteiger partial charge in [0.15, 0.2) is 0 Å². The Hall–Kier alpha value is -1.71. The molecule has 1 N–H and O–H groups in total. The highest BCUT2D eigenvalue weighted by Gasteiger charge is 2.29. The van der Waals surface area contributed by atoms with Crippen LogP contribution in [0, 0.1) is 0 Å². The van der Waals surface area contributed by atoms with E-state index in [2.05, 4.69) is 41.4 Å². The lowest BCUT2D eigenvalue weighted by atomic mass is 10.0. The van der Waals surface area contributed by atoms with Crippen LogP contribution in [0.25, 0.3) is 0 Å². The van der Waals surface area contributed by atoms with E-state index in [4.69, 9.17) is 0 Å². The number of piperidine rings is 1. The lowest BCUT2D eigenvalue weighted by molar-refractivity contribution is -0.132. The number of hydrogen-bond acceptors (Lipinski definition) is 3. The third-order valence-corrected chi connectivity index (χ3v) is 4.38. The van der Waals surface area contributed by atoms with Crippen molar-refractivity contribution in [2.75, 3.05) is 30.0 Å². The van der Waals surface area contributed by atoms with Crippen molar-refractivity contribution in [2.24, 2.45) is 0 Å². The van der Waals surface area contributed by atoms with E-state index in [0.717, 1.165) is 39.0 Å². The molecule has 4 heteroatoms. The van der Waals surface area contributed by atoms with E-state index >= 15 is 0 Å². The molecule has 0 aromatic heterocycles. The van der Waals surface area contributed by atoms with Gasteiger partial charge in [0.2, 0.25) is 5.91 Å². The number of hydrogen-bond donors (Lipinski definition) is 1. The van der Waals surface area contributed by atoms with Crippen molar-refractivity contribution in [1.29, 1.82) is 0 Å². The Bertz CT molecular complexity index is 480. The van der Waals surface area contributed by atoms with Gasteiger partial charge < -0.3 is 15.1 Å². The van der Waals surface area contributed by atoms with Gasteiger partial charge in [-0.2, -0.15) is 0 Å². The van der Waals surface area contributed by atoms with Crippen LogP contribution in [0.4, 0.5) is 11.4 Å². The molecule has 1 aromatic carbocycles. The number of carbonyl (C=O) groups excluding carboxylic acids is 1. The average Bonchev–Trinajstić information content (AvgIpc) is 2.92. The Labute approximate surface area is 120 Å². The second-order valence-electron chi connectivity index (χ2n) is 5.68. The Kier molecular flexibility index (Phi) is 3.81. The fourth-order valence-corrected chi connectivity index (χ4v) is 3.25. The molecular formula is C16H23N3O. The minimum absolute atomic E-state index is 0.325. The molecule has 0 unspecified atom stereocenters. The van der Waals surface area contributed by atoms with E-state index in [9.17, 15) is 4.79 Å². The SMILES string of the molecule is CCCC(=O)N1CCC(N2CNc3ccccc32)CC1. The topological polar surface area (TPSA) is 35.6 Å². The molecular weight excluding hydrogens is 250 g/mol. The molecule has 1 amide bonds. The Morgan fingerprint density at radius 1 is 1.30 bits per heavy atom. The molecule has 0 saturated carbocycles. The molecule has 2 aliphatic heterocycles. The summed E-state index contributed by atoms with van der Waals surface area (Å²) < 4.78 is 0.